The molecule has 160 valence electrons. The minimum absolute atomic E-state index is 0.775. The minimum atomic E-state index is -1.69. The van der Waals surface area contributed by atoms with Crippen molar-refractivity contribution in [2.24, 2.45) is 0 Å². The van der Waals surface area contributed by atoms with Crippen molar-refractivity contribution in [3.8, 4) is 0 Å². The Labute approximate surface area is 185 Å². The fraction of sp³-hybridized carbons (Fsp3) is 0.308. The lowest BCUT2D eigenvalue weighted by Gasteiger charge is -2.16. The van der Waals surface area contributed by atoms with Crippen LogP contribution in [0.2, 0.25) is 26.2 Å². The van der Waals surface area contributed by atoms with Gasteiger partial charge in [-0.1, -0.05) is 84.2 Å². The zero-order valence-electron chi connectivity index (χ0n) is 19.3. The summed E-state index contributed by atoms with van der Waals surface area (Å²) in [7, 11) is -3.38. The van der Waals surface area contributed by atoms with Gasteiger partial charge in [-0.25, -0.2) is 0 Å². The molecule has 0 radical (unpaired) electrons. The normalized spacial score (nSPS) is 13.1. The molecule has 0 atom stereocenters. The molecule has 2 rings (SSSR count). The smallest absolute Gasteiger partial charge is 0.211 e. The van der Waals surface area contributed by atoms with Gasteiger partial charge in [0.1, 0.15) is 0 Å². The maximum atomic E-state index is 5.85. The first-order chi connectivity index (χ1) is 14.2. The van der Waals surface area contributed by atoms with Crippen molar-refractivity contribution in [3.63, 3.8) is 0 Å². The van der Waals surface area contributed by atoms with E-state index in [4.69, 9.17) is 8.85 Å². The molecule has 0 aromatic heterocycles. The first-order valence-electron chi connectivity index (χ1n) is 10.8. The van der Waals surface area contributed by atoms with Crippen molar-refractivity contribution < 1.29 is 8.85 Å². The van der Waals surface area contributed by atoms with Crippen LogP contribution in [0.15, 0.2) is 59.9 Å². The lowest BCUT2D eigenvalue weighted by Crippen LogP contribution is -2.27. The summed E-state index contributed by atoms with van der Waals surface area (Å²) in [6.07, 6.45) is 8.67. The monoisotopic (exact) mass is 436 g/mol. The fourth-order valence-electron chi connectivity index (χ4n) is 3.06. The summed E-state index contributed by atoms with van der Waals surface area (Å²) in [4.78, 5) is 0. The molecule has 30 heavy (non-hydrogen) atoms. The lowest BCUT2D eigenvalue weighted by molar-refractivity contribution is 0.338. The molecule has 0 aliphatic heterocycles. The van der Waals surface area contributed by atoms with Crippen LogP contribution in [0.1, 0.15) is 36.1 Å². The summed E-state index contributed by atoms with van der Waals surface area (Å²) in [6, 6.07) is 17.3. The van der Waals surface area contributed by atoms with Crippen LogP contribution in [0, 0.1) is 0 Å². The highest BCUT2D eigenvalue weighted by Gasteiger charge is 2.17. The third-order valence-electron chi connectivity index (χ3n) is 4.73. The summed E-state index contributed by atoms with van der Waals surface area (Å²) in [5, 5.41) is 0. The van der Waals surface area contributed by atoms with Crippen LogP contribution in [0.3, 0.4) is 0 Å². The van der Waals surface area contributed by atoms with Crippen molar-refractivity contribution in [2.45, 2.75) is 40.0 Å². The highest BCUT2D eigenvalue weighted by atomic mass is 28.4. The number of hydrogen-bond donors (Lipinski definition) is 0. The molecular formula is C26H36O2Si2. The Morgan fingerprint density at radius 3 is 1.07 bits per heavy atom. The van der Waals surface area contributed by atoms with E-state index in [-0.39, 0.29) is 0 Å². The highest BCUT2D eigenvalue weighted by Crippen LogP contribution is 2.15. The van der Waals surface area contributed by atoms with Gasteiger partial charge in [-0.3, -0.25) is 0 Å². The van der Waals surface area contributed by atoms with Gasteiger partial charge in [-0.2, -0.15) is 0 Å². The van der Waals surface area contributed by atoms with Gasteiger partial charge in [-0.15, -0.1) is 0 Å². The van der Waals surface area contributed by atoms with Gasteiger partial charge < -0.3 is 8.85 Å². The molecule has 2 nitrogen and oxygen atoms in total. The quantitative estimate of drug-likeness (QED) is 0.284. The third kappa shape index (κ3) is 8.80. The molecule has 0 unspecified atom stereocenters. The van der Waals surface area contributed by atoms with Crippen LogP contribution in [0.25, 0.3) is 24.3 Å². The van der Waals surface area contributed by atoms with Crippen molar-refractivity contribution in [3.05, 3.63) is 82.2 Å². The van der Waals surface area contributed by atoms with Crippen molar-refractivity contribution in [2.75, 3.05) is 13.2 Å². The van der Waals surface area contributed by atoms with Crippen LogP contribution in [0.4, 0.5) is 0 Å². The van der Waals surface area contributed by atoms with Gasteiger partial charge in [0.25, 0.3) is 0 Å². The van der Waals surface area contributed by atoms with E-state index in [0.717, 1.165) is 13.2 Å². The second kappa shape index (κ2) is 11.4. The largest absolute Gasteiger partial charge is 0.414 e. The predicted octanol–water partition coefficient (Wildman–Crippen LogP) is 7.45. The summed E-state index contributed by atoms with van der Waals surface area (Å²) < 4.78 is 11.7. The van der Waals surface area contributed by atoms with Crippen LogP contribution in [0.5, 0.6) is 0 Å². The molecule has 0 aliphatic carbocycles. The first kappa shape index (κ1) is 24.3. The predicted molar refractivity (Wildman–Crippen MR) is 138 cm³/mol. The Kier molecular flexibility index (Phi) is 9.24. The first-order valence-corrected chi connectivity index (χ1v) is 16.7. The summed E-state index contributed by atoms with van der Waals surface area (Å²) in [5.74, 6) is 0. The zero-order chi connectivity index (χ0) is 22.0. The Bertz CT molecular complexity index is 787. The van der Waals surface area contributed by atoms with E-state index in [1.54, 1.807) is 0 Å². The second-order valence-corrected chi connectivity index (χ2v) is 16.1. The molecule has 0 N–H and O–H groups in total. The minimum Gasteiger partial charge on any atom is -0.414 e. The van der Waals surface area contributed by atoms with Crippen molar-refractivity contribution >= 4 is 40.9 Å². The maximum Gasteiger partial charge on any atom is 0.211 e. The maximum absolute atomic E-state index is 5.85. The standard InChI is InChI=1S/C26H36O2Si2/c1-7-27-29(3,4)21-19-25-15-11-23(12-16-25)9-10-24-13-17-26(18-14-24)20-22-30(5,6)28-8-2/h9-22H,7-8H2,1-6H3/b10-9+,21-19+,22-20+. The van der Waals surface area contributed by atoms with Gasteiger partial charge in [0.2, 0.25) is 16.6 Å². The zero-order valence-corrected chi connectivity index (χ0v) is 21.3. The third-order valence-corrected chi connectivity index (χ3v) is 8.73. The van der Waals surface area contributed by atoms with E-state index in [9.17, 15) is 0 Å². The Hall–Kier alpha value is -1.99. The molecule has 2 aromatic rings. The summed E-state index contributed by atoms with van der Waals surface area (Å²) in [5.41, 5.74) is 9.30. The Balaban J connectivity index is 1.97. The average Bonchev–Trinajstić information content (AvgIpc) is 2.71. The topological polar surface area (TPSA) is 18.5 Å². The van der Waals surface area contributed by atoms with Crippen LogP contribution >= 0.6 is 0 Å². The molecule has 0 heterocycles. The van der Waals surface area contributed by atoms with E-state index in [1.165, 1.54) is 22.3 Å². The van der Waals surface area contributed by atoms with E-state index in [2.05, 4.69) is 124 Å². The molecule has 0 fully saturated rings. The van der Waals surface area contributed by atoms with Crippen molar-refractivity contribution in [1.82, 2.24) is 0 Å². The van der Waals surface area contributed by atoms with Crippen molar-refractivity contribution in [1.29, 1.82) is 0 Å². The second-order valence-electron chi connectivity index (χ2n) is 8.41. The molecule has 0 bridgehead atoms. The molecule has 4 heteroatoms. The molecule has 0 aliphatic rings. The number of hydrogen-bond acceptors (Lipinski definition) is 2. The van der Waals surface area contributed by atoms with Gasteiger partial charge in [0.05, 0.1) is 0 Å². The van der Waals surface area contributed by atoms with E-state index in [1.807, 2.05) is 0 Å². The van der Waals surface area contributed by atoms with E-state index < -0.39 is 16.6 Å². The van der Waals surface area contributed by atoms with Crippen LogP contribution in [-0.4, -0.2) is 29.8 Å². The molecule has 2 aromatic carbocycles. The van der Waals surface area contributed by atoms with Crippen LogP contribution < -0.4 is 0 Å². The highest BCUT2D eigenvalue weighted by molar-refractivity contribution is 6.77. The molecular weight excluding hydrogens is 400 g/mol. The number of benzene rings is 2. The number of rotatable bonds is 10. The Morgan fingerprint density at radius 1 is 0.533 bits per heavy atom. The summed E-state index contributed by atoms with van der Waals surface area (Å²) >= 11 is 0. The SMILES string of the molecule is CCO[Si](C)(C)/C=C/c1ccc(/C=C/c2ccc(/C=C/[Si](C)(C)OCC)cc2)cc1. The molecule has 0 spiro atoms. The van der Waals surface area contributed by atoms with E-state index in [0.29, 0.717) is 0 Å². The average molecular weight is 437 g/mol. The van der Waals surface area contributed by atoms with E-state index >= 15 is 0 Å². The van der Waals surface area contributed by atoms with Gasteiger partial charge >= 0.3 is 0 Å². The molecule has 0 saturated carbocycles. The molecule has 0 saturated heterocycles. The summed E-state index contributed by atoms with van der Waals surface area (Å²) in [6.45, 7) is 14.5. The fourth-order valence-corrected chi connectivity index (χ4v) is 5.93. The lowest BCUT2D eigenvalue weighted by atomic mass is 10.1. The van der Waals surface area contributed by atoms with Gasteiger partial charge in [0, 0.05) is 13.2 Å². The molecule has 0 amide bonds. The van der Waals surface area contributed by atoms with Crippen LogP contribution in [-0.2, 0) is 8.85 Å². The Morgan fingerprint density at radius 2 is 0.800 bits per heavy atom. The van der Waals surface area contributed by atoms with Gasteiger partial charge in [-0.05, 0) is 62.3 Å². The van der Waals surface area contributed by atoms with Gasteiger partial charge in [0.15, 0.2) is 0 Å².